The molecule has 5 nitrogen and oxygen atoms in total. The zero-order valence-corrected chi connectivity index (χ0v) is 29.6. The molecule has 0 fully saturated rings. The third-order valence-corrected chi connectivity index (χ3v) is 11.3. The number of fused-ring (bicyclic) bond motifs is 8. The highest BCUT2D eigenvalue weighted by Crippen LogP contribution is 2.50. The van der Waals surface area contributed by atoms with Gasteiger partial charge in [0.1, 0.15) is 12.1 Å². The fraction of sp³-hybridized carbons (Fsp3) is 0. The van der Waals surface area contributed by atoms with Gasteiger partial charge in [-0.2, -0.15) is 0 Å². The lowest BCUT2D eigenvalue weighted by atomic mass is 9.92. The first kappa shape index (κ1) is 30.0. The molecular formula is C50H31N5. The molecule has 0 saturated carbocycles. The van der Waals surface area contributed by atoms with E-state index in [9.17, 15) is 0 Å². The van der Waals surface area contributed by atoms with Crippen molar-refractivity contribution in [2.75, 3.05) is 4.90 Å². The van der Waals surface area contributed by atoms with Crippen molar-refractivity contribution in [2.45, 2.75) is 0 Å². The van der Waals surface area contributed by atoms with E-state index >= 15 is 0 Å². The number of para-hydroxylation sites is 4. The minimum Gasteiger partial charge on any atom is -0.309 e. The number of benzene rings is 8. The maximum atomic E-state index is 4.85. The fourth-order valence-corrected chi connectivity index (χ4v) is 9.00. The number of nitrogens with zero attached hydrogens (tertiary/aromatic N) is 5. The molecule has 0 saturated heterocycles. The summed E-state index contributed by atoms with van der Waals surface area (Å²) in [5.74, 6) is 0.883. The van der Waals surface area contributed by atoms with Gasteiger partial charge in [0.05, 0.1) is 27.8 Å². The van der Waals surface area contributed by atoms with Crippen LogP contribution >= 0.6 is 0 Å². The lowest BCUT2D eigenvalue weighted by Gasteiger charge is -2.32. The van der Waals surface area contributed by atoms with Gasteiger partial charge in [-0.15, -0.1) is 0 Å². The maximum Gasteiger partial charge on any atom is 0.148 e. The van der Waals surface area contributed by atoms with Crippen molar-refractivity contribution in [3.63, 3.8) is 0 Å². The summed E-state index contributed by atoms with van der Waals surface area (Å²) in [5, 5.41) is 7.32. The summed E-state index contributed by atoms with van der Waals surface area (Å²) in [4.78, 5) is 11.6. The zero-order valence-electron chi connectivity index (χ0n) is 29.6. The first-order valence-electron chi connectivity index (χ1n) is 18.7. The van der Waals surface area contributed by atoms with Crippen LogP contribution in [0.25, 0.3) is 88.0 Å². The van der Waals surface area contributed by atoms with Crippen molar-refractivity contribution < 1.29 is 0 Å². The average Bonchev–Trinajstić information content (AvgIpc) is 3.76. The number of anilines is 3. The summed E-state index contributed by atoms with van der Waals surface area (Å²) in [5.41, 5.74) is 13.8. The molecule has 55 heavy (non-hydrogen) atoms. The standard InChI is InChI=1S/C50H31N5/c1-3-13-35(14-4-1)53-44-19-9-7-17-38(44)40-27-32(22-24-46(40)53)33-23-25-47-41(28-33)39-18-8-10-20-45(39)54(47)37-26-34-12-11-21-48-49(34)42(29-37)43-30-51-31-52-50(43)55(48)36-15-5-2-6-16-36/h1-31H. The molecule has 8 aromatic carbocycles. The number of aromatic nitrogens is 4. The van der Waals surface area contributed by atoms with Gasteiger partial charge in [0.15, 0.2) is 0 Å². The summed E-state index contributed by atoms with van der Waals surface area (Å²) >= 11 is 0. The topological polar surface area (TPSA) is 38.9 Å². The highest BCUT2D eigenvalue weighted by atomic mass is 15.2. The summed E-state index contributed by atoms with van der Waals surface area (Å²) < 4.78 is 4.79. The van der Waals surface area contributed by atoms with Crippen molar-refractivity contribution >= 4 is 71.6 Å². The molecule has 0 spiro atoms. The minimum atomic E-state index is 0.883. The van der Waals surface area contributed by atoms with Crippen LogP contribution in [0.5, 0.6) is 0 Å². The van der Waals surface area contributed by atoms with Crippen molar-refractivity contribution in [2.24, 2.45) is 0 Å². The monoisotopic (exact) mass is 701 g/mol. The molecule has 0 unspecified atom stereocenters. The Bertz CT molecular complexity index is 3320. The molecule has 3 aromatic heterocycles. The van der Waals surface area contributed by atoms with Crippen LogP contribution in [0.2, 0.25) is 0 Å². The second-order valence-electron chi connectivity index (χ2n) is 14.3. The van der Waals surface area contributed by atoms with E-state index in [2.05, 4.69) is 189 Å². The van der Waals surface area contributed by atoms with Gasteiger partial charge >= 0.3 is 0 Å². The Kier molecular flexibility index (Phi) is 6.27. The third-order valence-electron chi connectivity index (χ3n) is 11.3. The molecule has 12 rings (SSSR count). The van der Waals surface area contributed by atoms with Gasteiger partial charge in [0, 0.05) is 55.8 Å². The molecular weight excluding hydrogens is 671 g/mol. The van der Waals surface area contributed by atoms with Crippen LogP contribution < -0.4 is 4.90 Å². The first-order valence-corrected chi connectivity index (χ1v) is 18.7. The largest absolute Gasteiger partial charge is 0.309 e. The Balaban J connectivity index is 1.05. The summed E-state index contributed by atoms with van der Waals surface area (Å²) in [6, 6.07) is 63.7. The quantitative estimate of drug-likeness (QED) is 0.183. The van der Waals surface area contributed by atoms with Crippen molar-refractivity contribution in [1.29, 1.82) is 0 Å². The number of hydrogen-bond donors (Lipinski definition) is 0. The molecule has 0 radical (unpaired) electrons. The molecule has 1 aliphatic rings. The second-order valence-corrected chi connectivity index (χ2v) is 14.3. The number of hydrogen-bond acceptors (Lipinski definition) is 3. The maximum absolute atomic E-state index is 4.85. The zero-order chi connectivity index (χ0) is 36.0. The van der Waals surface area contributed by atoms with E-state index in [1.165, 1.54) is 71.2 Å². The Morgan fingerprint density at radius 3 is 1.65 bits per heavy atom. The predicted molar refractivity (Wildman–Crippen MR) is 227 cm³/mol. The van der Waals surface area contributed by atoms with Crippen molar-refractivity contribution in [1.82, 2.24) is 19.1 Å². The molecule has 0 aliphatic carbocycles. The van der Waals surface area contributed by atoms with Gasteiger partial charge in [-0.1, -0.05) is 97.1 Å². The predicted octanol–water partition coefficient (Wildman–Crippen LogP) is 12.9. The lowest BCUT2D eigenvalue weighted by Crippen LogP contribution is -2.16. The Labute approximate surface area is 316 Å². The van der Waals surface area contributed by atoms with Gasteiger partial charge in [-0.3, -0.25) is 4.90 Å². The van der Waals surface area contributed by atoms with E-state index in [1.54, 1.807) is 6.33 Å². The molecule has 1 aliphatic heterocycles. The van der Waals surface area contributed by atoms with E-state index < -0.39 is 0 Å². The average molecular weight is 702 g/mol. The van der Waals surface area contributed by atoms with Crippen molar-refractivity contribution in [3.05, 3.63) is 188 Å². The van der Waals surface area contributed by atoms with Crippen molar-refractivity contribution in [3.8, 4) is 33.6 Å². The minimum absolute atomic E-state index is 0.883. The van der Waals surface area contributed by atoms with Crippen LogP contribution in [0, 0.1) is 0 Å². The lowest BCUT2D eigenvalue weighted by molar-refractivity contribution is 1.11. The molecule has 0 amide bonds. The molecule has 0 N–H and O–H groups in total. The van der Waals surface area contributed by atoms with E-state index in [1.807, 2.05) is 12.3 Å². The van der Waals surface area contributed by atoms with E-state index in [4.69, 9.17) is 4.98 Å². The molecule has 0 atom stereocenters. The van der Waals surface area contributed by atoms with Gasteiger partial charge in [-0.05, 0) is 101 Å². The summed E-state index contributed by atoms with van der Waals surface area (Å²) in [6.07, 6.45) is 3.60. The fourth-order valence-electron chi connectivity index (χ4n) is 9.00. The van der Waals surface area contributed by atoms with E-state index in [0.717, 1.165) is 34.0 Å². The molecule has 5 heteroatoms. The van der Waals surface area contributed by atoms with Crippen LogP contribution in [-0.4, -0.2) is 19.1 Å². The van der Waals surface area contributed by atoms with Crippen LogP contribution in [0.4, 0.5) is 17.2 Å². The van der Waals surface area contributed by atoms with Crippen LogP contribution in [0.15, 0.2) is 188 Å². The Morgan fingerprint density at radius 2 is 0.982 bits per heavy atom. The third kappa shape index (κ3) is 4.35. The van der Waals surface area contributed by atoms with Crippen LogP contribution in [0.1, 0.15) is 0 Å². The summed E-state index contributed by atoms with van der Waals surface area (Å²) in [6.45, 7) is 0. The molecule has 0 bridgehead atoms. The van der Waals surface area contributed by atoms with Crippen LogP contribution in [-0.2, 0) is 0 Å². The van der Waals surface area contributed by atoms with E-state index in [0.29, 0.717) is 0 Å². The van der Waals surface area contributed by atoms with Crippen LogP contribution in [0.3, 0.4) is 0 Å². The Morgan fingerprint density at radius 1 is 0.400 bits per heavy atom. The van der Waals surface area contributed by atoms with Gasteiger partial charge in [-0.25, -0.2) is 9.97 Å². The highest BCUT2D eigenvalue weighted by Gasteiger charge is 2.28. The second kappa shape index (κ2) is 11.5. The normalized spacial score (nSPS) is 12.3. The summed E-state index contributed by atoms with van der Waals surface area (Å²) in [7, 11) is 0. The number of rotatable bonds is 4. The van der Waals surface area contributed by atoms with Gasteiger partial charge in [0.2, 0.25) is 0 Å². The van der Waals surface area contributed by atoms with E-state index in [-0.39, 0.29) is 0 Å². The molecule has 256 valence electrons. The van der Waals surface area contributed by atoms with Gasteiger partial charge < -0.3 is 9.13 Å². The smallest absolute Gasteiger partial charge is 0.148 e. The first-order chi connectivity index (χ1) is 27.3. The Hall–Kier alpha value is -7.50. The van der Waals surface area contributed by atoms with Gasteiger partial charge in [0.25, 0.3) is 0 Å². The molecule has 11 aromatic rings. The molecule has 4 heterocycles. The highest BCUT2D eigenvalue weighted by molar-refractivity contribution is 6.16. The SMILES string of the molecule is c1ccc(N2c3ncncc3-c3cc(-n4c5ccccc5c5cc(-c6ccc7c(c6)c6ccccc6n7-c6ccccc6)ccc54)cc4cccc2c34)cc1.